The van der Waals surface area contributed by atoms with Gasteiger partial charge in [0.1, 0.15) is 0 Å². The van der Waals surface area contributed by atoms with Crippen molar-refractivity contribution in [1.82, 2.24) is 0 Å². The Morgan fingerprint density at radius 2 is 1.25 bits per heavy atom. The zero-order valence-electron chi connectivity index (χ0n) is 2.30. The molecule has 21 valence electrons. The van der Waals surface area contributed by atoms with Crippen LogP contribution in [0.25, 0.3) is 0 Å². The number of rotatable bonds is 0. The van der Waals surface area contributed by atoms with Crippen LogP contribution in [0.15, 0.2) is 0 Å². The monoisotopic (exact) mass is 89.0 g/mol. The molecule has 1 radical (unpaired) electrons. The molecule has 0 fully saturated rings. The van der Waals surface area contributed by atoms with Crippen molar-refractivity contribution in [2.75, 3.05) is 0 Å². The van der Waals surface area contributed by atoms with E-state index in [9.17, 15) is 0 Å². The third kappa shape index (κ3) is 10.4. The minimum Gasteiger partial charge on any atom is -0.307 e. The second-order valence-corrected chi connectivity index (χ2v) is 0.245. The quantitative estimate of drug-likeness (QED) is 0.331. The van der Waals surface area contributed by atoms with Crippen LogP contribution in [0.4, 0.5) is 0 Å². The Hall–Kier alpha value is 1.27. The van der Waals surface area contributed by atoms with Gasteiger partial charge in [-0.25, -0.2) is 0 Å². The second-order valence-electron chi connectivity index (χ2n) is 0.0816. The Bertz CT molecular complexity index is 6.00. The first-order valence-electron chi connectivity index (χ1n) is 0.365. The van der Waals surface area contributed by atoms with Crippen molar-refractivity contribution < 1.29 is 9.11 Å². The van der Waals surface area contributed by atoms with Gasteiger partial charge in [0.2, 0.25) is 0 Å². The van der Waals surface area contributed by atoms with Crippen molar-refractivity contribution in [2.45, 2.75) is 0 Å². The van der Waals surface area contributed by atoms with Crippen molar-refractivity contribution in [2.24, 2.45) is 0 Å². The van der Waals surface area contributed by atoms with Crippen LogP contribution < -0.4 is 0 Å². The maximum Gasteiger partial charge on any atom is 0.152 e. The van der Waals surface area contributed by atoms with Crippen LogP contribution in [0.5, 0.6) is 0 Å². The van der Waals surface area contributed by atoms with Crippen molar-refractivity contribution in [3.8, 4) is 0 Å². The molecule has 0 aromatic heterocycles. The van der Waals surface area contributed by atoms with Crippen LogP contribution in [0.1, 0.15) is 0 Å². The van der Waals surface area contributed by atoms with Crippen LogP contribution in [0.3, 0.4) is 0 Å². The summed E-state index contributed by atoms with van der Waals surface area (Å²) in [5, 5.41) is 0. The predicted octanol–water partition coefficient (Wildman–Crippen LogP) is 0.285. The van der Waals surface area contributed by atoms with E-state index < -0.39 is 0 Å². The maximum atomic E-state index is 7.04. The van der Waals surface area contributed by atoms with Gasteiger partial charge in [0.05, 0.1) is 0 Å². The summed E-state index contributed by atoms with van der Waals surface area (Å²) in [5.41, 5.74) is 0. The molecule has 0 heterocycles. The minimum atomic E-state index is -0.250. The summed E-state index contributed by atoms with van der Waals surface area (Å²) in [4.78, 5) is 0. The molecule has 0 unspecified atom stereocenters. The topological polar surface area (TPSA) is 40.5 Å². The smallest absolute Gasteiger partial charge is 0.152 e. The summed E-state index contributed by atoms with van der Waals surface area (Å²) in [5.74, 6) is 0. The van der Waals surface area contributed by atoms with E-state index in [1.54, 1.807) is 0 Å². The molecule has 0 aromatic rings. The Kier molecular flexibility index (Phi) is 19.9. The van der Waals surface area contributed by atoms with Gasteiger partial charge in [0.15, 0.2) is 12.3 Å². The average Bonchev–Trinajstić information content (AvgIpc) is 0.918. The van der Waals surface area contributed by atoms with Crippen LogP contribution >= 0.6 is 12.3 Å². The van der Waals surface area contributed by atoms with Crippen molar-refractivity contribution in [1.29, 1.82) is 0 Å². The summed E-state index contributed by atoms with van der Waals surface area (Å²) in [7, 11) is 0. The molecule has 2 N–H and O–H groups in total. The third-order valence-corrected chi connectivity index (χ3v) is 0. The standard InChI is InChI=1S/Na.H2O2S/c;1-3-2/h;1-2H. The molecule has 0 aliphatic rings. The summed E-state index contributed by atoms with van der Waals surface area (Å²) >= 11 is -0.250. The summed E-state index contributed by atoms with van der Waals surface area (Å²) in [6.07, 6.45) is 0. The molecule has 0 aliphatic carbocycles. The average molecular weight is 89.1 g/mol. The molecule has 0 amide bonds. The molecule has 4 heteroatoms. The van der Waals surface area contributed by atoms with E-state index in [-0.39, 0.29) is 41.9 Å². The fourth-order valence-corrected chi connectivity index (χ4v) is 0. The van der Waals surface area contributed by atoms with E-state index >= 15 is 0 Å². The number of hydrogen-bond acceptors (Lipinski definition) is 3. The van der Waals surface area contributed by atoms with Crippen LogP contribution in [-0.2, 0) is 0 Å². The second kappa shape index (κ2) is 8.86. The Balaban J connectivity index is 0. The van der Waals surface area contributed by atoms with E-state index in [4.69, 9.17) is 9.11 Å². The van der Waals surface area contributed by atoms with Gasteiger partial charge >= 0.3 is 0 Å². The van der Waals surface area contributed by atoms with Gasteiger partial charge in [0.25, 0.3) is 0 Å². The maximum absolute atomic E-state index is 7.04. The van der Waals surface area contributed by atoms with Gasteiger partial charge < -0.3 is 9.11 Å². The molecule has 0 saturated heterocycles. The molecule has 0 saturated carbocycles. The zero-order valence-corrected chi connectivity index (χ0v) is 5.12. The molecular formula is H2NaO2S. The Labute approximate surface area is 50.9 Å². The normalized spacial score (nSPS) is 4.50. The van der Waals surface area contributed by atoms with E-state index in [0.29, 0.717) is 0 Å². The van der Waals surface area contributed by atoms with Crippen molar-refractivity contribution in [3.63, 3.8) is 0 Å². The largest absolute Gasteiger partial charge is 0.307 e. The van der Waals surface area contributed by atoms with E-state index in [0.717, 1.165) is 0 Å². The van der Waals surface area contributed by atoms with Gasteiger partial charge in [-0.15, -0.1) is 0 Å². The first-order valence-corrected chi connectivity index (χ1v) is 1.10. The first kappa shape index (κ1) is 8.99. The molecule has 0 spiro atoms. The molecular weight excluding hydrogens is 87.1 g/mol. The van der Waals surface area contributed by atoms with Crippen LogP contribution in [0.2, 0.25) is 0 Å². The molecule has 0 aromatic carbocycles. The van der Waals surface area contributed by atoms with Gasteiger partial charge in [-0.3, -0.25) is 0 Å². The predicted molar refractivity (Wildman–Crippen MR) is 18.6 cm³/mol. The Morgan fingerprint density at radius 1 is 1.25 bits per heavy atom. The minimum absolute atomic E-state index is 0. The van der Waals surface area contributed by atoms with Crippen LogP contribution in [-0.4, -0.2) is 38.7 Å². The van der Waals surface area contributed by atoms with E-state index in [1.165, 1.54) is 0 Å². The van der Waals surface area contributed by atoms with Crippen molar-refractivity contribution in [3.05, 3.63) is 0 Å². The Morgan fingerprint density at radius 3 is 1.25 bits per heavy atom. The molecule has 4 heavy (non-hydrogen) atoms. The summed E-state index contributed by atoms with van der Waals surface area (Å²) in [6, 6.07) is 0. The van der Waals surface area contributed by atoms with Crippen LogP contribution in [0, 0.1) is 0 Å². The molecule has 2 nitrogen and oxygen atoms in total. The fourth-order valence-electron chi connectivity index (χ4n) is 0. The van der Waals surface area contributed by atoms with E-state index in [2.05, 4.69) is 0 Å². The van der Waals surface area contributed by atoms with Gasteiger partial charge in [-0.1, -0.05) is 0 Å². The van der Waals surface area contributed by atoms with Gasteiger partial charge in [-0.2, -0.15) is 0 Å². The molecule has 0 rings (SSSR count). The number of hydrogen-bond donors (Lipinski definition) is 2. The van der Waals surface area contributed by atoms with E-state index in [1.807, 2.05) is 0 Å². The molecule has 0 atom stereocenters. The van der Waals surface area contributed by atoms with Gasteiger partial charge in [-0.05, 0) is 0 Å². The summed E-state index contributed by atoms with van der Waals surface area (Å²) in [6.45, 7) is 0. The fraction of sp³-hybridized carbons (Fsp3) is 0. The third-order valence-electron chi connectivity index (χ3n) is 0. The van der Waals surface area contributed by atoms with Gasteiger partial charge in [0, 0.05) is 29.6 Å². The van der Waals surface area contributed by atoms with Crippen molar-refractivity contribution >= 4 is 41.9 Å². The first-order chi connectivity index (χ1) is 1.41. The molecule has 0 bridgehead atoms. The summed E-state index contributed by atoms with van der Waals surface area (Å²) < 4.78 is 14.1. The SMILES string of the molecule is OSO.[Na]. The zero-order chi connectivity index (χ0) is 2.71. The molecule has 0 aliphatic heterocycles.